The molecule has 1 heterocycles. The third-order valence-electron chi connectivity index (χ3n) is 5.02. The van der Waals surface area contributed by atoms with Crippen molar-refractivity contribution in [2.24, 2.45) is 0 Å². The first-order valence-electron chi connectivity index (χ1n) is 8.07. The van der Waals surface area contributed by atoms with E-state index < -0.39 is 0 Å². The Balaban J connectivity index is 2.27. The van der Waals surface area contributed by atoms with Crippen LogP contribution in [-0.4, -0.2) is 49.2 Å². The molecule has 0 N–H and O–H groups in total. The lowest BCUT2D eigenvalue weighted by Gasteiger charge is -2.20. The highest BCUT2D eigenvalue weighted by atomic mass is 35.5. The van der Waals surface area contributed by atoms with Gasteiger partial charge in [-0.15, -0.1) is 16.4 Å². The van der Waals surface area contributed by atoms with Crippen molar-refractivity contribution in [2.75, 3.05) is 0 Å². The summed E-state index contributed by atoms with van der Waals surface area (Å²) in [5.41, 5.74) is 10.4. The van der Waals surface area contributed by atoms with E-state index in [1.165, 1.54) is 27.3 Å². The lowest BCUT2D eigenvalue weighted by Crippen LogP contribution is -2.55. The minimum atomic E-state index is 0.279. The number of hydrogen-bond acceptors (Lipinski definition) is 2. The van der Waals surface area contributed by atoms with Crippen LogP contribution < -0.4 is 27.3 Å². The van der Waals surface area contributed by atoms with Crippen molar-refractivity contribution in [1.29, 1.82) is 0 Å². The van der Waals surface area contributed by atoms with Gasteiger partial charge in [-0.3, -0.25) is 0 Å². The normalized spacial score (nSPS) is 10.7. The zero-order valence-corrected chi connectivity index (χ0v) is 15.5. The number of halogens is 1. The van der Waals surface area contributed by atoms with Crippen molar-refractivity contribution in [3.05, 3.63) is 41.7 Å². The summed E-state index contributed by atoms with van der Waals surface area (Å²) in [5.74, 6) is 0. The van der Waals surface area contributed by atoms with E-state index in [0.717, 1.165) is 22.5 Å². The minimum Gasteiger partial charge on any atom is -0.218 e. The van der Waals surface area contributed by atoms with Crippen LogP contribution in [0.15, 0.2) is 36.4 Å². The van der Waals surface area contributed by atoms with Gasteiger partial charge in [-0.1, -0.05) is 41.3 Å². The monoisotopic (exact) mass is 326 g/mol. The highest BCUT2D eigenvalue weighted by Gasteiger charge is 2.15. The fourth-order valence-corrected chi connectivity index (χ4v) is 3.37. The van der Waals surface area contributed by atoms with Gasteiger partial charge >= 0.3 is 0 Å². The molecule has 112 valence electrons. The summed E-state index contributed by atoms with van der Waals surface area (Å²) in [7, 11) is 10.8. The molecule has 0 saturated heterocycles. The molecule has 0 fully saturated rings. The Hall–Kier alpha value is -1.87. The summed E-state index contributed by atoms with van der Waals surface area (Å²) in [6, 6.07) is 12.1. The van der Waals surface area contributed by atoms with Crippen LogP contribution in [0.4, 0.5) is 0 Å². The third-order valence-corrected chi connectivity index (χ3v) is 5.19. The molecule has 8 heteroatoms. The smallest absolute Gasteiger partial charge is 0.218 e. The van der Waals surface area contributed by atoms with Crippen LogP contribution in [0.5, 0.6) is 0 Å². The fourth-order valence-electron chi connectivity index (χ4n) is 3.19. The lowest BCUT2D eigenvalue weighted by molar-refractivity contribution is 1.18. The van der Waals surface area contributed by atoms with Gasteiger partial charge < -0.3 is 0 Å². The molecule has 0 aliphatic carbocycles. The minimum absolute atomic E-state index is 0.279. The van der Waals surface area contributed by atoms with Gasteiger partial charge in [-0.2, -0.15) is 0 Å². The zero-order valence-electron chi connectivity index (χ0n) is 14.7. The van der Waals surface area contributed by atoms with Crippen molar-refractivity contribution < 1.29 is 0 Å². The zero-order chi connectivity index (χ0) is 17.4. The van der Waals surface area contributed by atoms with Gasteiger partial charge in [-0.05, 0) is 23.2 Å². The standard InChI is InChI=1S/C16H16B5ClN2/c17-11-10(12(18)14(20)15(21)13(11)19)9-6-8(23-16(22)24-9)7-4-2-1-3-5-7/h1-6H,17-21H2. The molecule has 3 aromatic rings. The number of hydrogen-bond donors (Lipinski definition) is 0. The third kappa shape index (κ3) is 2.93. The molecule has 1 aromatic heterocycles. The van der Waals surface area contributed by atoms with Crippen LogP contribution in [0.3, 0.4) is 0 Å². The van der Waals surface area contributed by atoms with Gasteiger partial charge in [0, 0.05) is 5.56 Å². The molecule has 0 aliphatic rings. The number of benzene rings is 2. The molecular formula is C16H16B5ClN2. The Morgan fingerprint density at radius 1 is 0.667 bits per heavy atom. The summed E-state index contributed by atoms with van der Waals surface area (Å²) < 4.78 is 0. The molecule has 0 aliphatic heterocycles. The summed E-state index contributed by atoms with van der Waals surface area (Å²) in [6.07, 6.45) is 0. The van der Waals surface area contributed by atoms with Crippen molar-refractivity contribution in [3.63, 3.8) is 0 Å². The molecule has 0 radical (unpaired) electrons. The Morgan fingerprint density at radius 2 is 1.17 bits per heavy atom. The maximum absolute atomic E-state index is 6.24. The van der Waals surface area contributed by atoms with E-state index >= 15 is 0 Å². The predicted molar refractivity (Wildman–Crippen MR) is 119 cm³/mol. The SMILES string of the molecule is Bc1c(B)c(B)c(-c2cc(-c3ccccc3)nc(Cl)n2)c(B)c1B. The fraction of sp³-hybridized carbons (Fsp3) is 0. The van der Waals surface area contributed by atoms with Crippen molar-refractivity contribution in [1.82, 2.24) is 9.97 Å². The van der Waals surface area contributed by atoms with E-state index in [-0.39, 0.29) is 5.28 Å². The van der Waals surface area contributed by atoms with E-state index in [1.807, 2.05) is 36.4 Å². The highest BCUT2D eigenvalue weighted by molar-refractivity contribution is 6.68. The van der Waals surface area contributed by atoms with E-state index in [4.69, 9.17) is 11.6 Å². The second-order valence-corrected chi connectivity index (χ2v) is 6.61. The first-order valence-corrected chi connectivity index (χ1v) is 8.45. The maximum Gasteiger partial charge on any atom is 0.223 e. The topological polar surface area (TPSA) is 25.8 Å². The van der Waals surface area contributed by atoms with Crippen LogP contribution in [0.2, 0.25) is 5.28 Å². The van der Waals surface area contributed by atoms with Gasteiger partial charge in [0.2, 0.25) is 5.28 Å². The van der Waals surface area contributed by atoms with Crippen LogP contribution >= 0.6 is 11.6 Å². The average molecular weight is 326 g/mol. The Kier molecular flexibility index (Phi) is 4.64. The summed E-state index contributed by atoms with van der Waals surface area (Å²) >= 11 is 6.24. The second-order valence-electron chi connectivity index (χ2n) is 6.27. The van der Waals surface area contributed by atoms with Crippen LogP contribution in [-0.2, 0) is 0 Å². The molecule has 0 spiro atoms. The number of aromatic nitrogens is 2. The molecule has 2 aromatic carbocycles. The van der Waals surface area contributed by atoms with E-state index in [2.05, 4.69) is 49.2 Å². The van der Waals surface area contributed by atoms with Crippen molar-refractivity contribution >= 4 is 78.1 Å². The van der Waals surface area contributed by atoms with Crippen molar-refractivity contribution in [3.8, 4) is 22.5 Å². The average Bonchev–Trinajstić information content (AvgIpc) is 2.59. The molecule has 0 unspecified atom stereocenters. The summed E-state index contributed by atoms with van der Waals surface area (Å²) in [6.45, 7) is 0. The maximum atomic E-state index is 6.24. The molecule has 0 atom stereocenters. The molecular weight excluding hydrogens is 310 g/mol. The van der Waals surface area contributed by atoms with Gasteiger partial charge in [0.25, 0.3) is 0 Å². The predicted octanol–water partition coefficient (Wildman–Crippen LogP) is -4.24. The molecule has 24 heavy (non-hydrogen) atoms. The van der Waals surface area contributed by atoms with Gasteiger partial charge in [-0.25, -0.2) is 9.97 Å². The number of rotatable bonds is 2. The highest BCUT2D eigenvalue weighted by Crippen LogP contribution is 2.22. The van der Waals surface area contributed by atoms with E-state index in [1.54, 1.807) is 0 Å². The molecule has 2 nitrogen and oxygen atoms in total. The van der Waals surface area contributed by atoms with E-state index in [0.29, 0.717) is 0 Å². The first kappa shape index (κ1) is 17.0. The molecule has 0 bridgehead atoms. The number of nitrogens with zero attached hydrogens (tertiary/aromatic N) is 2. The molecule has 0 amide bonds. The second kappa shape index (κ2) is 6.56. The Labute approximate surface area is 152 Å². The summed E-state index contributed by atoms with van der Waals surface area (Å²) in [5, 5.41) is 0.279. The summed E-state index contributed by atoms with van der Waals surface area (Å²) in [4.78, 5) is 8.92. The lowest BCUT2D eigenvalue weighted by atomic mass is 9.60. The van der Waals surface area contributed by atoms with E-state index in [9.17, 15) is 0 Å². The Morgan fingerprint density at radius 3 is 1.75 bits per heavy atom. The Bertz CT molecular complexity index is 902. The van der Waals surface area contributed by atoms with Gasteiger partial charge in [0.15, 0.2) is 0 Å². The molecule has 3 rings (SSSR count). The van der Waals surface area contributed by atoms with Crippen LogP contribution in [0, 0.1) is 0 Å². The van der Waals surface area contributed by atoms with Crippen molar-refractivity contribution in [2.45, 2.75) is 0 Å². The van der Waals surface area contributed by atoms with Gasteiger partial charge in [0.1, 0.15) is 39.2 Å². The van der Waals surface area contributed by atoms with Crippen LogP contribution in [0.25, 0.3) is 22.5 Å². The first-order chi connectivity index (χ1) is 11.4. The van der Waals surface area contributed by atoms with Crippen LogP contribution in [0.1, 0.15) is 0 Å². The molecule has 0 saturated carbocycles. The largest absolute Gasteiger partial charge is 0.223 e. The quantitative estimate of drug-likeness (QED) is 0.352. The van der Waals surface area contributed by atoms with Gasteiger partial charge in [0.05, 0.1) is 11.4 Å².